The van der Waals surface area contributed by atoms with Crippen molar-refractivity contribution in [2.75, 3.05) is 13.2 Å². The summed E-state index contributed by atoms with van der Waals surface area (Å²) in [6.45, 7) is 7.06. The number of hydrogen-bond acceptors (Lipinski definition) is 4. The lowest BCUT2D eigenvalue weighted by Crippen LogP contribution is -2.36. The molecule has 0 aliphatic heterocycles. The van der Waals surface area contributed by atoms with Gasteiger partial charge in [0.2, 0.25) is 0 Å². The fourth-order valence-electron chi connectivity index (χ4n) is 2.62. The van der Waals surface area contributed by atoms with Gasteiger partial charge < -0.3 is 25.2 Å². The van der Waals surface area contributed by atoms with E-state index in [1.165, 1.54) is 12.1 Å². The van der Waals surface area contributed by atoms with Gasteiger partial charge >= 0.3 is 12.0 Å². The summed E-state index contributed by atoms with van der Waals surface area (Å²) >= 11 is 0. The summed E-state index contributed by atoms with van der Waals surface area (Å²) in [5.74, 6) is 0.344. The van der Waals surface area contributed by atoms with E-state index < -0.39 is 5.97 Å². The molecule has 7 nitrogen and oxygen atoms in total. The van der Waals surface area contributed by atoms with Gasteiger partial charge in [0.1, 0.15) is 0 Å². The van der Waals surface area contributed by atoms with Crippen LogP contribution in [0.3, 0.4) is 0 Å². The Hall–Kier alpha value is -3.22. The fraction of sp³-hybridized carbons (Fsp3) is 0.333. The van der Waals surface area contributed by atoms with Gasteiger partial charge in [-0.25, -0.2) is 9.59 Å². The molecule has 28 heavy (non-hydrogen) atoms. The maximum absolute atomic E-state index is 12.2. The molecule has 150 valence electrons. The molecule has 7 heteroatoms. The minimum atomic E-state index is -0.979. The van der Waals surface area contributed by atoms with Gasteiger partial charge in [0.25, 0.3) is 0 Å². The van der Waals surface area contributed by atoms with Crippen LogP contribution in [0.25, 0.3) is 0 Å². The Bertz CT molecular complexity index is 805. The van der Waals surface area contributed by atoms with Crippen molar-refractivity contribution in [1.82, 2.24) is 10.6 Å². The Morgan fingerprint density at radius 3 is 2.25 bits per heavy atom. The number of carboxylic acid groups (broad SMARTS) is 1. The van der Waals surface area contributed by atoms with Gasteiger partial charge in [0.15, 0.2) is 11.5 Å². The normalized spacial score (nSPS) is 11.4. The van der Waals surface area contributed by atoms with E-state index in [0.29, 0.717) is 31.3 Å². The van der Waals surface area contributed by atoms with Gasteiger partial charge in [-0.3, -0.25) is 0 Å². The van der Waals surface area contributed by atoms with Gasteiger partial charge in [-0.15, -0.1) is 0 Å². The zero-order valence-electron chi connectivity index (χ0n) is 16.3. The van der Waals surface area contributed by atoms with Crippen molar-refractivity contribution < 1.29 is 24.2 Å². The molecule has 0 radical (unpaired) electrons. The molecular formula is C21H26N2O5. The lowest BCUT2D eigenvalue weighted by molar-refractivity contribution is 0.0697. The van der Waals surface area contributed by atoms with Crippen LogP contribution in [0.2, 0.25) is 0 Å². The molecule has 0 fully saturated rings. The lowest BCUT2D eigenvalue weighted by Gasteiger charge is -2.18. The molecule has 2 aromatic rings. The van der Waals surface area contributed by atoms with Crippen molar-refractivity contribution in [2.45, 2.75) is 33.4 Å². The monoisotopic (exact) mass is 386 g/mol. The second-order valence-electron chi connectivity index (χ2n) is 6.12. The van der Waals surface area contributed by atoms with Gasteiger partial charge in [-0.05, 0) is 56.2 Å². The number of carbonyl (C=O) groups is 2. The topological polar surface area (TPSA) is 96.9 Å². The molecule has 0 aromatic heterocycles. The van der Waals surface area contributed by atoms with Gasteiger partial charge in [0.05, 0.1) is 24.8 Å². The molecule has 0 saturated heterocycles. The molecule has 2 aromatic carbocycles. The standard InChI is InChI=1S/C21H26N2O5/c1-4-27-18-11-10-17(12-19(18)28-5-2)14(3)23-21(26)22-13-15-6-8-16(9-7-15)20(24)25/h6-12,14H,4-5,13H2,1-3H3,(H,24,25)(H2,22,23,26). The molecule has 0 spiro atoms. The van der Waals surface area contributed by atoms with Gasteiger partial charge in [-0.1, -0.05) is 18.2 Å². The predicted molar refractivity (Wildman–Crippen MR) is 106 cm³/mol. The molecule has 0 bridgehead atoms. The van der Waals surface area contributed by atoms with Crippen LogP contribution in [0.5, 0.6) is 11.5 Å². The van der Waals surface area contributed by atoms with Crippen LogP contribution in [-0.4, -0.2) is 30.3 Å². The van der Waals surface area contributed by atoms with Crippen LogP contribution >= 0.6 is 0 Å². The smallest absolute Gasteiger partial charge is 0.335 e. The quantitative estimate of drug-likeness (QED) is 0.610. The third kappa shape index (κ3) is 5.90. The summed E-state index contributed by atoms with van der Waals surface area (Å²) in [7, 11) is 0. The minimum Gasteiger partial charge on any atom is -0.490 e. The van der Waals surface area contributed by atoms with E-state index in [1.807, 2.05) is 39.0 Å². The molecule has 0 aliphatic carbocycles. The number of ether oxygens (including phenoxy) is 2. The Morgan fingerprint density at radius 1 is 1.00 bits per heavy atom. The molecular weight excluding hydrogens is 360 g/mol. The van der Waals surface area contributed by atoms with Crippen LogP contribution in [0.1, 0.15) is 48.3 Å². The number of carbonyl (C=O) groups excluding carboxylic acids is 1. The Labute approximate surface area is 164 Å². The number of nitrogens with one attached hydrogen (secondary N) is 2. The van der Waals surface area contributed by atoms with Gasteiger partial charge in [0, 0.05) is 6.54 Å². The van der Waals surface area contributed by atoms with Crippen molar-refractivity contribution in [2.24, 2.45) is 0 Å². The maximum atomic E-state index is 12.2. The highest BCUT2D eigenvalue weighted by atomic mass is 16.5. The number of carboxylic acids is 1. The Kier molecular flexibility index (Phi) is 7.68. The van der Waals surface area contributed by atoms with Crippen molar-refractivity contribution in [3.63, 3.8) is 0 Å². The first-order valence-corrected chi connectivity index (χ1v) is 9.20. The van der Waals surface area contributed by atoms with Crippen LogP contribution < -0.4 is 20.1 Å². The number of hydrogen-bond donors (Lipinski definition) is 3. The third-order valence-electron chi connectivity index (χ3n) is 4.07. The molecule has 0 saturated carbocycles. The van der Waals surface area contributed by atoms with E-state index in [4.69, 9.17) is 14.6 Å². The van der Waals surface area contributed by atoms with Crippen LogP contribution in [0.15, 0.2) is 42.5 Å². The SMILES string of the molecule is CCOc1ccc(C(C)NC(=O)NCc2ccc(C(=O)O)cc2)cc1OCC. The van der Waals surface area contributed by atoms with Crippen molar-refractivity contribution in [1.29, 1.82) is 0 Å². The lowest BCUT2D eigenvalue weighted by atomic mass is 10.1. The molecule has 0 heterocycles. The maximum Gasteiger partial charge on any atom is 0.335 e. The second kappa shape index (κ2) is 10.2. The van der Waals surface area contributed by atoms with E-state index >= 15 is 0 Å². The Morgan fingerprint density at radius 2 is 1.64 bits per heavy atom. The van der Waals surface area contributed by atoms with Crippen LogP contribution in [0, 0.1) is 0 Å². The molecule has 2 rings (SSSR count). The van der Waals surface area contributed by atoms with E-state index in [1.54, 1.807) is 12.1 Å². The summed E-state index contributed by atoms with van der Waals surface area (Å²) in [6, 6.07) is 11.4. The van der Waals surface area contributed by atoms with Crippen molar-refractivity contribution in [3.8, 4) is 11.5 Å². The number of benzene rings is 2. The fourth-order valence-corrected chi connectivity index (χ4v) is 2.62. The first kappa shape index (κ1) is 21.1. The summed E-state index contributed by atoms with van der Waals surface area (Å²) < 4.78 is 11.2. The zero-order valence-corrected chi connectivity index (χ0v) is 16.3. The number of aromatic carboxylic acids is 1. The van der Waals surface area contributed by atoms with Crippen molar-refractivity contribution in [3.05, 3.63) is 59.2 Å². The first-order chi connectivity index (χ1) is 13.4. The summed E-state index contributed by atoms with van der Waals surface area (Å²) in [5.41, 5.74) is 1.92. The number of rotatable bonds is 9. The Balaban J connectivity index is 1.94. The largest absolute Gasteiger partial charge is 0.490 e. The van der Waals surface area contributed by atoms with Crippen LogP contribution in [0.4, 0.5) is 4.79 Å². The minimum absolute atomic E-state index is 0.211. The zero-order chi connectivity index (χ0) is 20.5. The average molecular weight is 386 g/mol. The van der Waals surface area contributed by atoms with E-state index in [0.717, 1.165) is 11.1 Å². The van der Waals surface area contributed by atoms with E-state index in [2.05, 4.69) is 10.6 Å². The third-order valence-corrected chi connectivity index (χ3v) is 4.07. The number of amides is 2. The molecule has 0 aliphatic rings. The summed E-state index contributed by atoms with van der Waals surface area (Å²) in [4.78, 5) is 23.0. The van der Waals surface area contributed by atoms with Crippen LogP contribution in [-0.2, 0) is 6.54 Å². The highest BCUT2D eigenvalue weighted by molar-refractivity contribution is 5.87. The van der Waals surface area contributed by atoms with Gasteiger partial charge in [-0.2, -0.15) is 0 Å². The first-order valence-electron chi connectivity index (χ1n) is 9.20. The second-order valence-corrected chi connectivity index (χ2v) is 6.12. The highest BCUT2D eigenvalue weighted by Crippen LogP contribution is 2.30. The van der Waals surface area contributed by atoms with Crippen molar-refractivity contribution >= 4 is 12.0 Å². The van der Waals surface area contributed by atoms with E-state index in [9.17, 15) is 9.59 Å². The number of urea groups is 1. The van der Waals surface area contributed by atoms with E-state index in [-0.39, 0.29) is 17.6 Å². The summed E-state index contributed by atoms with van der Waals surface area (Å²) in [6.07, 6.45) is 0. The summed E-state index contributed by atoms with van der Waals surface area (Å²) in [5, 5.41) is 14.5. The average Bonchev–Trinajstić information content (AvgIpc) is 2.68. The molecule has 1 unspecified atom stereocenters. The highest BCUT2D eigenvalue weighted by Gasteiger charge is 2.13. The predicted octanol–water partition coefficient (Wildman–Crippen LogP) is 3.74. The molecule has 2 amide bonds. The molecule has 1 atom stereocenters. The molecule has 3 N–H and O–H groups in total.